The van der Waals surface area contributed by atoms with E-state index >= 15 is 0 Å². The Bertz CT molecular complexity index is 409. The molecule has 1 rings (SSSR count). The Morgan fingerprint density at radius 3 is 2.92 bits per heavy atom. The average Bonchev–Trinajstić information content (AvgIpc) is 2.44. The molecule has 13 heavy (non-hydrogen) atoms. The molecular weight excluding hydrogens is 174 g/mol. The molecule has 1 aromatic heterocycles. The summed E-state index contributed by atoms with van der Waals surface area (Å²) in [7, 11) is 0. The molecule has 0 aliphatic heterocycles. The van der Waals surface area contributed by atoms with Crippen LogP contribution in [0.5, 0.6) is 0 Å². The van der Waals surface area contributed by atoms with Crippen molar-refractivity contribution >= 4 is 5.97 Å². The van der Waals surface area contributed by atoms with Gasteiger partial charge in [-0.25, -0.2) is 4.79 Å². The van der Waals surface area contributed by atoms with Crippen molar-refractivity contribution in [1.29, 1.82) is 5.26 Å². The number of hydrogen-bond acceptors (Lipinski definition) is 3. The summed E-state index contributed by atoms with van der Waals surface area (Å²) in [5.74, 6) is -1.19. The van der Waals surface area contributed by atoms with E-state index in [-0.39, 0.29) is 18.7 Å². The molecule has 6 heteroatoms. The maximum atomic E-state index is 11.0. The van der Waals surface area contributed by atoms with Crippen LogP contribution in [0.2, 0.25) is 0 Å². The van der Waals surface area contributed by atoms with Gasteiger partial charge >= 0.3 is 5.97 Å². The predicted octanol–water partition coefficient (Wildman–Crippen LogP) is -0.212. The quantitative estimate of drug-likeness (QED) is 0.673. The Hall–Kier alpha value is -2.03. The van der Waals surface area contributed by atoms with Crippen LogP contribution in [0.4, 0.5) is 0 Å². The Balaban J connectivity index is 2.92. The zero-order chi connectivity index (χ0) is 9.84. The van der Waals surface area contributed by atoms with Crippen LogP contribution in [-0.2, 0) is 6.54 Å². The number of aromatic carboxylic acids is 1. The van der Waals surface area contributed by atoms with E-state index in [2.05, 4.69) is 5.10 Å². The fourth-order valence-electron chi connectivity index (χ4n) is 0.872. The van der Waals surface area contributed by atoms with Crippen LogP contribution in [0.1, 0.15) is 16.9 Å². The molecule has 0 radical (unpaired) electrons. The maximum absolute atomic E-state index is 11.0. The number of nitrogens with one attached hydrogen (secondary N) is 1. The number of aromatic nitrogens is 2. The van der Waals surface area contributed by atoms with Crippen molar-refractivity contribution in [2.75, 3.05) is 0 Å². The van der Waals surface area contributed by atoms with E-state index in [1.165, 1.54) is 0 Å². The van der Waals surface area contributed by atoms with Crippen LogP contribution in [0.25, 0.3) is 0 Å². The topological polar surface area (TPSA) is 98.9 Å². The highest BCUT2D eigenvalue weighted by Gasteiger charge is 2.08. The summed E-state index contributed by atoms with van der Waals surface area (Å²) in [4.78, 5) is 21.4. The van der Waals surface area contributed by atoms with Crippen molar-refractivity contribution in [3.8, 4) is 6.07 Å². The van der Waals surface area contributed by atoms with Crippen LogP contribution in [-0.4, -0.2) is 20.9 Å². The highest BCUT2D eigenvalue weighted by Crippen LogP contribution is 1.90. The lowest BCUT2D eigenvalue weighted by Gasteiger charge is -1.94. The summed E-state index contributed by atoms with van der Waals surface area (Å²) >= 11 is 0. The fourth-order valence-corrected chi connectivity index (χ4v) is 0.872. The van der Waals surface area contributed by atoms with E-state index in [0.717, 1.165) is 10.7 Å². The van der Waals surface area contributed by atoms with Gasteiger partial charge in [0.1, 0.15) is 5.69 Å². The number of carboxylic acids is 1. The number of hydrogen-bond donors (Lipinski definition) is 2. The normalized spacial score (nSPS) is 9.46. The van der Waals surface area contributed by atoms with E-state index in [0.29, 0.717) is 0 Å². The molecule has 0 aromatic carbocycles. The molecule has 0 aliphatic rings. The fraction of sp³-hybridized carbons (Fsp3) is 0.286. The van der Waals surface area contributed by atoms with Crippen LogP contribution < -0.4 is 5.56 Å². The first kappa shape index (κ1) is 9.06. The Kier molecular flexibility index (Phi) is 2.50. The van der Waals surface area contributed by atoms with E-state index in [1.807, 2.05) is 6.07 Å². The highest BCUT2D eigenvalue weighted by molar-refractivity contribution is 5.84. The van der Waals surface area contributed by atoms with E-state index in [4.69, 9.17) is 10.4 Å². The molecule has 0 unspecified atom stereocenters. The molecule has 2 N–H and O–H groups in total. The van der Waals surface area contributed by atoms with Gasteiger partial charge in [0.2, 0.25) is 0 Å². The minimum atomic E-state index is -1.19. The first-order valence-electron chi connectivity index (χ1n) is 3.55. The number of nitriles is 1. The van der Waals surface area contributed by atoms with E-state index in [1.54, 1.807) is 0 Å². The van der Waals surface area contributed by atoms with Gasteiger partial charge in [-0.05, 0) is 0 Å². The van der Waals surface area contributed by atoms with Crippen LogP contribution in [0, 0.1) is 11.3 Å². The first-order chi connectivity index (χ1) is 6.15. The number of carboxylic acid groups (broad SMARTS) is 1. The molecular formula is C7H7N3O3. The zero-order valence-corrected chi connectivity index (χ0v) is 6.65. The van der Waals surface area contributed by atoms with Gasteiger partial charge in [0.15, 0.2) is 0 Å². The Morgan fingerprint density at radius 2 is 2.46 bits per heavy atom. The third-order valence-electron chi connectivity index (χ3n) is 1.47. The lowest BCUT2D eigenvalue weighted by molar-refractivity contribution is 0.0689. The first-order valence-corrected chi connectivity index (χ1v) is 3.55. The highest BCUT2D eigenvalue weighted by atomic mass is 16.4. The van der Waals surface area contributed by atoms with Crippen molar-refractivity contribution in [3.05, 3.63) is 22.1 Å². The molecule has 6 nitrogen and oxygen atoms in total. The zero-order valence-electron chi connectivity index (χ0n) is 6.65. The molecule has 0 bridgehead atoms. The number of H-pyrrole nitrogens is 1. The molecule has 68 valence electrons. The van der Waals surface area contributed by atoms with Gasteiger partial charge in [-0.1, -0.05) is 0 Å². The third kappa shape index (κ3) is 1.96. The molecule has 0 aliphatic carbocycles. The summed E-state index contributed by atoms with van der Waals surface area (Å²) in [6, 6.07) is 2.84. The van der Waals surface area contributed by atoms with Gasteiger partial charge in [0, 0.05) is 6.07 Å². The monoisotopic (exact) mass is 181 g/mol. The lowest BCUT2D eigenvalue weighted by atomic mass is 10.4. The van der Waals surface area contributed by atoms with Gasteiger partial charge in [-0.3, -0.25) is 14.6 Å². The van der Waals surface area contributed by atoms with Gasteiger partial charge in [-0.2, -0.15) is 5.26 Å². The van der Waals surface area contributed by atoms with Gasteiger partial charge in [0.25, 0.3) is 5.56 Å². The molecule has 0 saturated carbocycles. The molecule has 1 heterocycles. The predicted molar refractivity (Wildman–Crippen MR) is 42.2 cm³/mol. The number of aryl methyl sites for hydroxylation is 1. The van der Waals surface area contributed by atoms with Gasteiger partial charge in [-0.15, -0.1) is 0 Å². The van der Waals surface area contributed by atoms with Crippen LogP contribution in [0.3, 0.4) is 0 Å². The minimum absolute atomic E-state index is 0.164. The maximum Gasteiger partial charge on any atom is 0.353 e. The summed E-state index contributed by atoms with van der Waals surface area (Å²) in [6.45, 7) is 0.183. The Morgan fingerprint density at radius 1 is 1.77 bits per heavy atom. The SMILES string of the molecule is N#CCCn1[nH]c(C(=O)O)cc1=O. The second-order valence-electron chi connectivity index (χ2n) is 2.37. The Labute approximate surface area is 73.0 Å². The molecule has 0 fully saturated rings. The standard InChI is InChI=1S/C7H7N3O3/c8-2-1-3-10-6(11)4-5(9-10)7(12)13/h4,9H,1,3H2,(H,12,13). The number of rotatable bonds is 3. The smallest absolute Gasteiger partial charge is 0.353 e. The average molecular weight is 181 g/mol. The van der Waals surface area contributed by atoms with Crippen LogP contribution >= 0.6 is 0 Å². The second kappa shape index (κ2) is 3.58. The molecule has 0 spiro atoms. The summed E-state index contributed by atoms with van der Waals surface area (Å²) in [5, 5.41) is 19.1. The lowest BCUT2D eigenvalue weighted by Crippen LogP contribution is -2.15. The van der Waals surface area contributed by atoms with Crippen molar-refractivity contribution in [2.24, 2.45) is 0 Å². The molecule has 0 amide bonds. The molecule has 0 atom stereocenters. The van der Waals surface area contributed by atoms with Crippen molar-refractivity contribution < 1.29 is 9.90 Å². The third-order valence-corrected chi connectivity index (χ3v) is 1.47. The number of aromatic amines is 1. The summed E-state index contributed by atoms with van der Waals surface area (Å²) in [5.41, 5.74) is -0.601. The van der Waals surface area contributed by atoms with Crippen molar-refractivity contribution in [2.45, 2.75) is 13.0 Å². The summed E-state index contributed by atoms with van der Waals surface area (Å²) in [6.07, 6.45) is 0.166. The van der Waals surface area contributed by atoms with E-state index < -0.39 is 11.5 Å². The van der Waals surface area contributed by atoms with E-state index in [9.17, 15) is 9.59 Å². The second-order valence-corrected chi connectivity index (χ2v) is 2.37. The largest absolute Gasteiger partial charge is 0.477 e. The molecule has 1 aromatic rings. The number of nitrogens with zero attached hydrogens (tertiary/aromatic N) is 2. The molecule has 0 saturated heterocycles. The van der Waals surface area contributed by atoms with Crippen molar-refractivity contribution in [3.63, 3.8) is 0 Å². The van der Waals surface area contributed by atoms with Gasteiger partial charge in [0.05, 0.1) is 19.0 Å². The minimum Gasteiger partial charge on any atom is -0.477 e. The van der Waals surface area contributed by atoms with Crippen molar-refractivity contribution in [1.82, 2.24) is 9.78 Å². The number of carbonyl (C=O) groups is 1. The summed E-state index contributed by atoms with van der Waals surface area (Å²) < 4.78 is 1.09. The van der Waals surface area contributed by atoms with Crippen LogP contribution in [0.15, 0.2) is 10.9 Å². The van der Waals surface area contributed by atoms with Gasteiger partial charge < -0.3 is 5.11 Å².